The highest BCUT2D eigenvalue weighted by molar-refractivity contribution is 7.99. The van der Waals surface area contributed by atoms with Crippen molar-refractivity contribution in [1.82, 2.24) is 5.32 Å². The quantitative estimate of drug-likeness (QED) is 0.787. The molecule has 19 heavy (non-hydrogen) atoms. The number of thioether (sulfide) groups is 1. The molecule has 1 aliphatic rings. The van der Waals surface area contributed by atoms with Crippen molar-refractivity contribution >= 4 is 11.8 Å². The largest absolute Gasteiger partial charge is 0.394 e. The van der Waals surface area contributed by atoms with Crippen molar-refractivity contribution in [3.05, 3.63) is 30.1 Å². The van der Waals surface area contributed by atoms with Gasteiger partial charge >= 0.3 is 0 Å². The molecule has 2 N–H and O–H groups in total. The van der Waals surface area contributed by atoms with E-state index in [-0.39, 0.29) is 18.0 Å². The Morgan fingerprint density at radius 1 is 1.42 bits per heavy atom. The first-order valence-electron chi connectivity index (χ1n) is 6.88. The van der Waals surface area contributed by atoms with Crippen LogP contribution in [0.25, 0.3) is 0 Å². The molecule has 2 rings (SSSR count). The van der Waals surface area contributed by atoms with Crippen LogP contribution in [0.3, 0.4) is 0 Å². The molecule has 0 saturated heterocycles. The molecule has 1 aliphatic carbocycles. The van der Waals surface area contributed by atoms with Gasteiger partial charge in [0.15, 0.2) is 0 Å². The molecule has 2 atom stereocenters. The minimum absolute atomic E-state index is 0.0800. The van der Waals surface area contributed by atoms with Gasteiger partial charge in [0.05, 0.1) is 6.61 Å². The fourth-order valence-electron chi connectivity index (χ4n) is 3.03. The lowest BCUT2D eigenvalue weighted by molar-refractivity contribution is 0.130. The van der Waals surface area contributed by atoms with Crippen molar-refractivity contribution in [3.8, 4) is 0 Å². The number of aliphatic hydroxyl groups is 1. The third kappa shape index (κ3) is 3.50. The molecule has 0 aliphatic heterocycles. The summed E-state index contributed by atoms with van der Waals surface area (Å²) in [5, 5.41) is 12.9. The zero-order chi connectivity index (χ0) is 13.7. The van der Waals surface area contributed by atoms with Crippen LogP contribution in [0.15, 0.2) is 29.2 Å². The molecule has 1 saturated carbocycles. The molecule has 1 aromatic carbocycles. The van der Waals surface area contributed by atoms with Crippen LogP contribution >= 0.6 is 11.8 Å². The molecule has 1 aromatic rings. The summed E-state index contributed by atoms with van der Waals surface area (Å²) in [4.78, 5) is 1.11. The number of benzene rings is 1. The highest BCUT2D eigenvalue weighted by Gasteiger charge is 2.40. The summed E-state index contributed by atoms with van der Waals surface area (Å²) in [5.74, 6) is 1.37. The van der Waals surface area contributed by atoms with E-state index in [0.29, 0.717) is 5.92 Å². The second kappa shape index (κ2) is 6.73. The molecule has 0 spiro atoms. The van der Waals surface area contributed by atoms with Gasteiger partial charge in [-0.3, -0.25) is 0 Å². The Morgan fingerprint density at radius 2 is 2.16 bits per heavy atom. The summed E-state index contributed by atoms with van der Waals surface area (Å²) in [6, 6.07) is 6.66. The number of nitrogens with one attached hydrogen (secondary N) is 1. The van der Waals surface area contributed by atoms with Crippen LogP contribution in [0.2, 0.25) is 0 Å². The maximum absolute atomic E-state index is 12.8. The minimum atomic E-state index is -0.186. The number of rotatable bonds is 6. The molecule has 0 amide bonds. The maximum Gasteiger partial charge on any atom is 0.123 e. The van der Waals surface area contributed by atoms with Crippen LogP contribution < -0.4 is 5.32 Å². The van der Waals surface area contributed by atoms with Crippen molar-refractivity contribution < 1.29 is 9.50 Å². The zero-order valence-corrected chi connectivity index (χ0v) is 12.2. The van der Waals surface area contributed by atoms with Crippen LogP contribution in [0.4, 0.5) is 4.39 Å². The smallest absolute Gasteiger partial charge is 0.123 e. The third-order valence-electron chi connectivity index (χ3n) is 4.29. The van der Waals surface area contributed by atoms with E-state index in [0.717, 1.165) is 23.5 Å². The predicted molar refractivity (Wildman–Crippen MR) is 78.0 cm³/mol. The fraction of sp³-hybridized carbons (Fsp3) is 0.600. The second-order valence-corrected chi connectivity index (χ2v) is 6.41. The van der Waals surface area contributed by atoms with Gasteiger partial charge < -0.3 is 10.4 Å². The Labute approximate surface area is 118 Å². The lowest BCUT2D eigenvalue weighted by atomic mass is 9.86. The van der Waals surface area contributed by atoms with Crippen LogP contribution in [0, 0.1) is 11.7 Å². The number of hydrogen-bond acceptors (Lipinski definition) is 3. The topological polar surface area (TPSA) is 32.3 Å². The average Bonchev–Trinajstić information content (AvgIpc) is 2.84. The maximum atomic E-state index is 12.8. The number of halogens is 1. The Bertz CT molecular complexity index is 392. The van der Waals surface area contributed by atoms with Crippen molar-refractivity contribution in [1.29, 1.82) is 0 Å². The molecule has 4 heteroatoms. The summed E-state index contributed by atoms with van der Waals surface area (Å²) < 4.78 is 12.8. The summed E-state index contributed by atoms with van der Waals surface area (Å²) in [6.07, 6.45) is 4.52. The van der Waals surface area contributed by atoms with Gasteiger partial charge in [0.25, 0.3) is 0 Å². The average molecular weight is 283 g/mol. The molecule has 0 radical (unpaired) electrons. The van der Waals surface area contributed by atoms with Gasteiger partial charge in [-0.05, 0) is 62.2 Å². The van der Waals surface area contributed by atoms with Gasteiger partial charge in [-0.25, -0.2) is 4.39 Å². The minimum Gasteiger partial charge on any atom is -0.394 e. The first kappa shape index (κ1) is 14.8. The van der Waals surface area contributed by atoms with Crippen LogP contribution in [-0.2, 0) is 0 Å². The summed E-state index contributed by atoms with van der Waals surface area (Å²) in [7, 11) is 1.95. The van der Waals surface area contributed by atoms with Gasteiger partial charge in [-0.2, -0.15) is 0 Å². The van der Waals surface area contributed by atoms with E-state index in [9.17, 15) is 9.50 Å². The van der Waals surface area contributed by atoms with Gasteiger partial charge in [0, 0.05) is 10.4 Å². The van der Waals surface area contributed by atoms with Crippen molar-refractivity contribution in [2.75, 3.05) is 19.4 Å². The van der Waals surface area contributed by atoms with Crippen molar-refractivity contribution in [2.24, 2.45) is 5.92 Å². The first-order valence-corrected chi connectivity index (χ1v) is 7.87. The van der Waals surface area contributed by atoms with Gasteiger partial charge in [-0.1, -0.05) is 6.42 Å². The molecule has 0 aromatic heterocycles. The zero-order valence-electron chi connectivity index (χ0n) is 11.4. The van der Waals surface area contributed by atoms with Gasteiger partial charge in [0.1, 0.15) is 5.82 Å². The van der Waals surface area contributed by atoms with Gasteiger partial charge in [0.2, 0.25) is 0 Å². The molecule has 2 nitrogen and oxygen atoms in total. The summed E-state index contributed by atoms with van der Waals surface area (Å²) in [5.41, 5.74) is -0.0800. The van der Waals surface area contributed by atoms with Crippen molar-refractivity contribution in [3.63, 3.8) is 0 Å². The van der Waals surface area contributed by atoms with E-state index in [1.807, 2.05) is 19.2 Å². The Kier molecular flexibility index (Phi) is 5.25. The summed E-state index contributed by atoms with van der Waals surface area (Å²) in [6.45, 7) is 0.218. The van der Waals surface area contributed by atoms with E-state index >= 15 is 0 Å². The Hall–Kier alpha value is -0.580. The van der Waals surface area contributed by atoms with E-state index in [1.54, 1.807) is 11.8 Å². The van der Waals surface area contributed by atoms with Gasteiger partial charge in [-0.15, -0.1) is 11.8 Å². The predicted octanol–water partition coefficient (Wildman–Crippen LogP) is 3.06. The fourth-order valence-corrected chi connectivity index (χ4v) is 4.00. The van der Waals surface area contributed by atoms with E-state index in [4.69, 9.17) is 0 Å². The Morgan fingerprint density at radius 3 is 2.79 bits per heavy atom. The second-order valence-electron chi connectivity index (χ2n) is 5.24. The highest BCUT2D eigenvalue weighted by Crippen LogP contribution is 2.38. The first-order chi connectivity index (χ1) is 9.20. The molecule has 0 heterocycles. The Balaban J connectivity index is 1.83. The van der Waals surface area contributed by atoms with E-state index < -0.39 is 0 Å². The van der Waals surface area contributed by atoms with E-state index in [2.05, 4.69) is 5.32 Å². The summed E-state index contributed by atoms with van der Waals surface area (Å²) >= 11 is 1.76. The molecule has 1 fully saturated rings. The molecule has 0 bridgehead atoms. The SMILES string of the molecule is CNC1(CO)CCCC1CCSc1ccc(F)cc1. The van der Waals surface area contributed by atoms with Crippen LogP contribution in [0.1, 0.15) is 25.7 Å². The third-order valence-corrected chi connectivity index (χ3v) is 5.33. The molecular formula is C15H22FNOS. The standard InChI is InChI=1S/C15H22FNOS/c1-17-15(11-18)9-2-3-12(15)8-10-19-14-6-4-13(16)5-7-14/h4-7,12,17-18H,2-3,8-11H2,1H3. The number of hydrogen-bond donors (Lipinski definition) is 2. The molecular weight excluding hydrogens is 261 g/mol. The van der Waals surface area contributed by atoms with Crippen LogP contribution in [0.5, 0.6) is 0 Å². The molecule has 2 unspecified atom stereocenters. The van der Waals surface area contributed by atoms with Crippen LogP contribution in [-0.4, -0.2) is 30.1 Å². The normalized spacial score (nSPS) is 26.8. The van der Waals surface area contributed by atoms with E-state index in [1.165, 1.54) is 25.0 Å². The van der Waals surface area contributed by atoms with Crippen molar-refractivity contribution in [2.45, 2.75) is 36.1 Å². The lowest BCUT2D eigenvalue weighted by Gasteiger charge is -2.33. The number of aliphatic hydroxyl groups excluding tert-OH is 1. The highest BCUT2D eigenvalue weighted by atomic mass is 32.2. The number of likely N-dealkylation sites (N-methyl/N-ethyl adjacent to an activating group) is 1. The lowest BCUT2D eigenvalue weighted by Crippen LogP contribution is -2.49. The molecule has 106 valence electrons. The monoisotopic (exact) mass is 283 g/mol.